The number of benzene rings is 1. The molecule has 0 saturated heterocycles. The van der Waals surface area contributed by atoms with Gasteiger partial charge in [-0.05, 0) is 37.1 Å². The number of methoxy groups -OCH3 is 2. The Morgan fingerprint density at radius 1 is 1.15 bits per heavy atom. The summed E-state index contributed by atoms with van der Waals surface area (Å²) in [4.78, 5) is 23.7. The highest BCUT2D eigenvalue weighted by Crippen LogP contribution is 2.22. The molecule has 7 nitrogen and oxygen atoms in total. The Labute approximate surface area is 161 Å². The lowest BCUT2D eigenvalue weighted by molar-refractivity contribution is -0.145. The van der Waals surface area contributed by atoms with E-state index in [1.165, 1.54) is 44.6 Å². The van der Waals surface area contributed by atoms with Crippen LogP contribution < -0.4 is 0 Å². The fourth-order valence-electron chi connectivity index (χ4n) is 2.60. The fraction of sp³-hybridized carbons (Fsp3) is 0.474. The van der Waals surface area contributed by atoms with Gasteiger partial charge in [0, 0.05) is 6.54 Å². The molecule has 1 aromatic carbocycles. The van der Waals surface area contributed by atoms with Crippen molar-refractivity contribution in [1.29, 1.82) is 0 Å². The second-order valence-electron chi connectivity index (χ2n) is 5.90. The Balaban J connectivity index is 3.29. The Kier molecular flexibility index (Phi) is 9.17. The van der Waals surface area contributed by atoms with Crippen molar-refractivity contribution in [2.45, 2.75) is 43.5 Å². The van der Waals surface area contributed by atoms with Gasteiger partial charge in [0.1, 0.15) is 6.04 Å². The monoisotopic (exact) mass is 397 g/mol. The number of ether oxygens (including phenoxy) is 2. The van der Waals surface area contributed by atoms with Crippen LogP contribution in [0.3, 0.4) is 0 Å². The van der Waals surface area contributed by atoms with Gasteiger partial charge in [-0.15, -0.1) is 6.58 Å². The van der Waals surface area contributed by atoms with Gasteiger partial charge in [0.25, 0.3) is 0 Å². The van der Waals surface area contributed by atoms with Crippen LogP contribution in [0.5, 0.6) is 0 Å². The van der Waals surface area contributed by atoms with Gasteiger partial charge >= 0.3 is 11.9 Å². The van der Waals surface area contributed by atoms with E-state index >= 15 is 0 Å². The van der Waals surface area contributed by atoms with Crippen molar-refractivity contribution in [3.8, 4) is 0 Å². The number of nitrogens with zero attached hydrogens (tertiary/aromatic N) is 1. The van der Waals surface area contributed by atoms with Crippen LogP contribution in [-0.4, -0.2) is 51.5 Å². The highest BCUT2D eigenvalue weighted by molar-refractivity contribution is 7.89. The first-order chi connectivity index (χ1) is 12.8. The fourth-order valence-corrected chi connectivity index (χ4v) is 4.23. The smallest absolute Gasteiger partial charge is 0.337 e. The standard InChI is InChI=1S/C19H27NO6S/c1-5-7-8-14-20(17(9-6-2)19(22)26-4)27(23,24)16-12-10-15(11-13-16)18(21)25-3/h6,10-13,17H,2,5,7-9,14H2,1,3-4H3/t17-/m0/s1. The van der Waals surface area contributed by atoms with Crippen molar-refractivity contribution < 1.29 is 27.5 Å². The van der Waals surface area contributed by atoms with Gasteiger partial charge in [-0.3, -0.25) is 4.79 Å². The quantitative estimate of drug-likeness (QED) is 0.324. The van der Waals surface area contributed by atoms with Gasteiger partial charge in [-0.2, -0.15) is 4.31 Å². The van der Waals surface area contributed by atoms with Crippen LogP contribution in [0.1, 0.15) is 43.0 Å². The molecule has 0 aliphatic rings. The van der Waals surface area contributed by atoms with Crippen molar-refractivity contribution in [3.63, 3.8) is 0 Å². The molecule has 0 saturated carbocycles. The molecule has 150 valence electrons. The molecule has 0 N–H and O–H groups in total. The molecule has 8 heteroatoms. The third kappa shape index (κ3) is 5.90. The lowest BCUT2D eigenvalue weighted by atomic mass is 10.2. The van der Waals surface area contributed by atoms with Crippen molar-refractivity contribution in [2.75, 3.05) is 20.8 Å². The first-order valence-corrected chi connectivity index (χ1v) is 10.2. The van der Waals surface area contributed by atoms with E-state index in [4.69, 9.17) is 4.74 Å². The molecular formula is C19H27NO6S. The van der Waals surface area contributed by atoms with Crippen LogP contribution in [0.2, 0.25) is 0 Å². The number of rotatable bonds is 11. The first kappa shape index (κ1) is 22.9. The minimum atomic E-state index is -3.97. The van der Waals surface area contributed by atoms with Crippen LogP contribution in [0.25, 0.3) is 0 Å². The molecule has 1 atom stereocenters. The summed E-state index contributed by atoms with van der Waals surface area (Å²) < 4.78 is 36.9. The van der Waals surface area contributed by atoms with Gasteiger partial charge in [0.15, 0.2) is 0 Å². The van der Waals surface area contributed by atoms with E-state index in [0.717, 1.165) is 17.1 Å². The van der Waals surface area contributed by atoms with Crippen molar-refractivity contribution >= 4 is 22.0 Å². The van der Waals surface area contributed by atoms with Gasteiger partial charge < -0.3 is 9.47 Å². The summed E-state index contributed by atoms with van der Waals surface area (Å²) in [6.07, 6.45) is 3.98. The summed E-state index contributed by atoms with van der Waals surface area (Å²) in [6.45, 7) is 5.80. The van der Waals surface area contributed by atoms with Crippen molar-refractivity contribution in [1.82, 2.24) is 4.31 Å². The lowest BCUT2D eigenvalue weighted by Gasteiger charge is -2.28. The maximum Gasteiger partial charge on any atom is 0.337 e. The third-order valence-corrected chi connectivity index (χ3v) is 6.00. The van der Waals surface area contributed by atoms with Crippen LogP contribution in [0, 0.1) is 0 Å². The normalized spacial score (nSPS) is 12.4. The minimum Gasteiger partial charge on any atom is -0.468 e. The number of sulfonamides is 1. The second kappa shape index (κ2) is 10.8. The molecular weight excluding hydrogens is 370 g/mol. The molecule has 0 heterocycles. The average Bonchev–Trinajstić information content (AvgIpc) is 2.68. The van der Waals surface area contributed by atoms with Crippen LogP contribution >= 0.6 is 0 Å². The molecule has 1 rings (SSSR count). The van der Waals surface area contributed by atoms with Gasteiger partial charge in [0.2, 0.25) is 10.0 Å². The summed E-state index contributed by atoms with van der Waals surface area (Å²) in [5.41, 5.74) is 0.240. The zero-order valence-electron chi connectivity index (χ0n) is 16.0. The highest BCUT2D eigenvalue weighted by Gasteiger charge is 2.35. The van der Waals surface area contributed by atoms with E-state index in [2.05, 4.69) is 11.3 Å². The maximum absolute atomic E-state index is 13.2. The largest absolute Gasteiger partial charge is 0.468 e. The minimum absolute atomic E-state index is 0.00961. The maximum atomic E-state index is 13.2. The topological polar surface area (TPSA) is 90.0 Å². The van der Waals surface area contributed by atoms with Gasteiger partial charge in [-0.1, -0.05) is 25.8 Å². The molecule has 0 aliphatic heterocycles. The molecule has 0 amide bonds. The summed E-state index contributed by atoms with van der Waals surface area (Å²) in [7, 11) is -1.50. The number of hydrogen-bond acceptors (Lipinski definition) is 6. The molecule has 0 aromatic heterocycles. The Morgan fingerprint density at radius 3 is 2.26 bits per heavy atom. The molecule has 1 aromatic rings. The SMILES string of the molecule is C=CC[C@@H](C(=O)OC)N(CCCCC)S(=O)(=O)c1ccc(C(=O)OC)cc1. The zero-order chi connectivity index (χ0) is 20.4. The van der Waals surface area contributed by atoms with E-state index in [0.29, 0.717) is 6.42 Å². The number of unbranched alkanes of at least 4 members (excludes halogenated alkanes) is 2. The molecule has 0 aliphatic carbocycles. The van der Waals surface area contributed by atoms with Crippen molar-refractivity contribution in [2.24, 2.45) is 0 Å². The summed E-state index contributed by atoms with van der Waals surface area (Å²) in [5, 5.41) is 0. The Hall–Kier alpha value is -2.19. The predicted molar refractivity (Wildman–Crippen MR) is 102 cm³/mol. The van der Waals surface area contributed by atoms with Crippen LogP contribution in [-0.2, 0) is 24.3 Å². The first-order valence-electron chi connectivity index (χ1n) is 8.72. The van der Waals surface area contributed by atoms with E-state index in [-0.39, 0.29) is 23.4 Å². The number of esters is 2. The van der Waals surface area contributed by atoms with E-state index in [9.17, 15) is 18.0 Å². The Bertz CT molecular complexity index is 742. The molecule has 27 heavy (non-hydrogen) atoms. The molecule has 0 unspecified atom stereocenters. The molecule has 0 bridgehead atoms. The summed E-state index contributed by atoms with van der Waals surface area (Å²) in [6, 6.07) is 4.43. The number of hydrogen-bond donors (Lipinski definition) is 0. The van der Waals surface area contributed by atoms with Gasteiger partial charge in [-0.25, -0.2) is 13.2 Å². The van der Waals surface area contributed by atoms with E-state index in [1.54, 1.807) is 0 Å². The van der Waals surface area contributed by atoms with Crippen LogP contribution in [0.4, 0.5) is 0 Å². The summed E-state index contributed by atoms with van der Waals surface area (Å²) >= 11 is 0. The van der Waals surface area contributed by atoms with Crippen molar-refractivity contribution in [3.05, 3.63) is 42.5 Å². The molecule has 0 spiro atoms. The Morgan fingerprint density at radius 2 is 1.78 bits per heavy atom. The molecule has 0 fully saturated rings. The highest BCUT2D eigenvalue weighted by atomic mass is 32.2. The second-order valence-corrected chi connectivity index (χ2v) is 7.79. The van der Waals surface area contributed by atoms with Gasteiger partial charge in [0.05, 0.1) is 24.7 Å². The van der Waals surface area contributed by atoms with Crippen LogP contribution in [0.15, 0.2) is 41.8 Å². The average molecular weight is 397 g/mol. The zero-order valence-corrected chi connectivity index (χ0v) is 16.8. The number of carbonyl (C=O) groups is 2. The predicted octanol–water partition coefficient (Wildman–Crippen LogP) is 2.77. The molecule has 0 radical (unpaired) electrons. The van der Waals surface area contributed by atoms with E-state index < -0.39 is 28.0 Å². The third-order valence-electron chi connectivity index (χ3n) is 4.07. The summed E-state index contributed by atoms with van der Waals surface area (Å²) in [5.74, 6) is -1.20. The lowest BCUT2D eigenvalue weighted by Crippen LogP contribution is -2.45. The number of carbonyl (C=O) groups excluding carboxylic acids is 2. The van der Waals surface area contributed by atoms with E-state index in [1.807, 2.05) is 6.92 Å².